The zero-order chi connectivity index (χ0) is 20.8. The van der Waals surface area contributed by atoms with E-state index in [1.807, 2.05) is 30.3 Å². The van der Waals surface area contributed by atoms with Crippen molar-refractivity contribution < 1.29 is 19.7 Å². The van der Waals surface area contributed by atoms with Crippen LogP contribution in [0.4, 0.5) is 0 Å². The fourth-order valence-electron chi connectivity index (χ4n) is 2.50. The molecule has 0 spiro atoms. The van der Waals surface area contributed by atoms with Gasteiger partial charge in [0.15, 0.2) is 0 Å². The topological polar surface area (TPSA) is 70.0 Å². The van der Waals surface area contributed by atoms with Gasteiger partial charge in [-0.3, -0.25) is 4.79 Å². The van der Waals surface area contributed by atoms with Gasteiger partial charge >= 0.3 is 0 Å². The lowest BCUT2D eigenvalue weighted by atomic mass is 10.1. The molecule has 1 aromatic carbocycles. The molecular weight excluding hydrogens is 354 g/mol. The number of nitrogens with zero attached hydrogens (tertiary/aromatic N) is 1. The summed E-state index contributed by atoms with van der Waals surface area (Å²) in [5.41, 5.74) is 1.16. The first kappa shape index (κ1) is 23.7. The molecule has 28 heavy (non-hydrogen) atoms. The molecule has 0 aromatic heterocycles. The van der Waals surface area contributed by atoms with Crippen LogP contribution in [-0.2, 0) is 11.2 Å². The van der Waals surface area contributed by atoms with Crippen molar-refractivity contribution in [2.75, 3.05) is 21.2 Å². The molecule has 0 heterocycles. The summed E-state index contributed by atoms with van der Waals surface area (Å²) in [6.07, 6.45) is 12.7. The number of aliphatic hydroxyl groups is 2. The molecule has 154 valence electrons. The lowest BCUT2D eigenvalue weighted by molar-refractivity contribution is -0.128. The van der Waals surface area contributed by atoms with Gasteiger partial charge in [-0.1, -0.05) is 48.6 Å². The van der Waals surface area contributed by atoms with Gasteiger partial charge in [-0.2, -0.15) is 0 Å². The van der Waals surface area contributed by atoms with Crippen LogP contribution in [0, 0.1) is 0 Å². The van der Waals surface area contributed by atoms with Crippen LogP contribution < -0.4 is 4.74 Å². The van der Waals surface area contributed by atoms with E-state index < -0.39 is 12.2 Å². The molecule has 0 aliphatic heterocycles. The number of carbonyl (C=O) groups is 1. The van der Waals surface area contributed by atoms with Gasteiger partial charge in [0.2, 0.25) is 5.91 Å². The monoisotopic (exact) mass is 387 g/mol. The van der Waals surface area contributed by atoms with Crippen LogP contribution in [0.5, 0.6) is 5.75 Å². The molecular formula is C23H33NO4. The maximum Gasteiger partial charge on any atom is 0.222 e. The Hall–Kier alpha value is -2.37. The van der Waals surface area contributed by atoms with E-state index in [1.54, 1.807) is 56.5 Å². The number of aliphatic hydroxyl groups excluding tert-OH is 2. The van der Waals surface area contributed by atoms with Crippen LogP contribution in [0.2, 0.25) is 0 Å². The SMILES string of the molecule is COc1ccc(CCC(O)/C=C/C=C/C=C\C(O)CCCC(=O)N(C)C)cc1. The zero-order valence-electron chi connectivity index (χ0n) is 17.1. The fourth-order valence-corrected chi connectivity index (χ4v) is 2.50. The third-order valence-electron chi connectivity index (χ3n) is 4.28. The van der Waals surface area contributed by atoms with Gasteiger partial charge < -0.3 is 19.8 Å². The largest absolute Gasteiger partial charge is 0.497 e. The van der Waals surface area contributed by atoms with Crippen LogP contribution in [0.25, 0.3) is 0 Å². The van der Waals surface area contributed by atoms with Gasteiger partial charge in [0, 0.05) is 20.5 Å². The van der Waals surface area contributed by atoms with Gasteiger partial charge in [0.1, 0.15) is 5.75 Å². The Morgan fingerprint density at radius 2 is 1.57 bits per heavy atom. The van der Waals surface area contributed by atoms with E-state index in [0.29, 0.717) is 25.7 Å². The number of methoxy groups -OCH3 is 1. The molecule has 2 atom stereocenters. The Balaban J connectivity index is 2.22. The first-order valence-corrected chi connectivity index (χ1v) is 9.63. The molecule has 2 N–H and O–H groups in total. The van der Waals surface area contributed by atoms with Gasteiger partial charge in [-0.15, -0.1) is 0 Å². The van der Waals surface area contributed by atoms with Crippen molar-refractivity contribution in [1.29, 1.82) is 0 Å². The van der Waals surface area contributed by atoms with Crippen LogP contribution in [0.3, 0.4) is 0 Å². The summed E-state index contributed by atoms with van der Waals surface area (Å²) < 4.78 is 5.13. The van der Waals surface area contributed by atoms with Crippen molar-refractivity contribution >= 4 is 5.91 Å². The average Bonchev–Trinajstić information content (AvgIpc) is 2.69. The van der Waals surface area contributed by atoms with Crippen molar-refractivity contribution in [3.8, 4) is 5.75 Å². The molecule has 1 aromatic rings. The predicted octanol–water partition coefficient (Wildman–Crippen LogP) is 3.28. The highest BCUT2D eigenvalue weighted by atomic mass is 16.5. The summed E-state index contributed by atoms with van der Waals surface area (Å²) in [6.45, 7) is 0. The third kappa shape index (κ3) is 10.7. The number of benzene rings is 1. The first-order valence-electron chi connectivity index (χ1n) is 9.63. The van der Waals surface area contributed by atoms with Crippen molar-refractivity contribution in [2.45, 2.75) is 44.3 Å². The predicted molar refractivity (Wildman–Crippen MR) is 113 cm³/mol. The van der Waals surface area contributed by atoms with Crippen molar-refractivity contribution in [2.24, 2.45) is 0 Å². The molecule has 0 saturated heterocycles. The number of allylic oxidation sites excluding steroid dienone is 4. The van der Waals surface area contributed by atoms with Crippen LogP contribution in [0.1, 0.15) is 31.2 Å². The highest BCUT2D eigenvalue weighted by Crippen LogP contribution is 2.13. The number of rotatable bonds is 12. The van der Waals surface area contributed by atoms with E-state index in [-0.39, 0.29) is 5.91 Å². The third-order valence-corrected chi connectivity index (χ3v) is 4.28. The molecule has 0 radical (unpaired) electrons. The molecule has 0 saturated carbocycles. The number of hydrogen-bond donors (Lipinski definition) is 2. The summed E-state index contributed by atoms with van der Waals surface area (Å²) in [5, 5.41) is 19.8. The maximum absolute atomic E-state index is 11.4. The lowest BCUT2D eigenvalue weighted by Crippen LogP contribution is -2.21. The van der Waals surface area contributed by atoms with Gasteiger partial charge in [0.25, 0.3) is 0 Å². The summed E-state index contributed by atoms with van der Waals surface area (Å²) in [7, 11) is 5.10. The number of carbonyl (C=O) groups excluding carboxylic acids is 1. The minimum Gasteiger partial charge on any atom is -0.497 e. The molecule has 5 nitrogen and oxygen atoms in total. The van der Waals surface area contributed by atoms with E-state index in [9.17, 15) is 15.0 Å². The molecule has 1 amide bonds. The van der Waals surface area contributed by atoms with Crippen LogP contribution in [0.15, 0.2) is 60.7 Å². The zero-order valence-corrected chi connectivity index (χ0v) is 17.1. The van der Waals surface area contributed by atoms with Gasteiger partial charge in [0.05, 0.1) is 19.3 Å². The van der Waals surface area contributed by atoms with E-state index in [4.69, 9.17) is 4.74 Å². The lowest BCUT2D eigenvalue weighted by Gasteiger charge is -2.10. The van der Waals surface area contributed by atoms with Crippen molar-refractivity contribution in [3.63, 3.8) is 0 Å². The minimum absolute atomic E-state index is 0.0757. The summed E-state index contributed by atoms with van der Waals surface area (Å²) in [4.78, 5) is 13.0. The first-order chi connectivity index (χ1) is 13.4. The standard InChI is InChI=1S/C23H33NO4/c1-24(2)23(27)12-8-11-20(25)9-6-4-5-7-10-21(26)16-13-19-14-17-22(28-3)18-15-19/h4-7,9-10,14-15,17-18,20-21,25-26H,8,11-13,16H2,1-3H3/b5-4+,9-6-,10-7+. The minimum atomic E-state index is -0.557. The number of aryl methyl sites for hydroxylation is 1. The second-order valence-electron chi connectivity index (χ2n) is 6.86. The second-order valence-corrected chi connectivity index (χ2v) is 6.86. The van der Waals surface area contributed by atoms with E-state index in [0.717, 1.165) is 17.7 Å². The highest BCUT2D eigenvalue weighted by Gasteiger charge is 2.05. The molecule has 0 aliphatic rings. The Kier molecular flexibility index (Phi) is 11.6. The molecule has 0 bridgehead atoms. The number of amides is 1. The van der Waals surface area contributed by atoms with Crippen molar-refractivity contribution in [1.82, 2.24) is 4.90 Å². The fraction of sp³-hybridized carbons (Fsp3) is 0.435. The molecule has 0 aliphatic carbocycles. The van der Waals surface area contributed by atoms with Crippen LogP contribution >= 0.6 is 0 Å². The second kappa shape index (κ2) is 13.7. The maximum atomic E-state index is 11.4. The Labute approximate surface area is 168 Å². The Bertz CT molecular complexity index is 647. The highest BCUT2D eigenvalue weighted by molar-refractivity contribution is 5.75. The molecule has 2 unspecified atom stereocenters. The summed E-state index contributed by atoms with van der Waals surface area (Å²) in [6, 6.07) is 7.84. The molecule has 1 rings (SSSR count). The van der Waals surface area contributed by atoms with Gasteiger partial charge in [-0.05, 0) is 43.4 Å². The summed E-state index contributed by atoms with van der Waals surface area (Å²) in [5.74, 6) is 0.904. The number of hydrogen-bond acceptors (Lipinski definition) is 4. The normalized spacial score (nSPS) is 14.0. The quantitative estimate of drug-likeness (QED) is 0.540. The van der Waals surface area contributed by atoms with E-state index in [1.165, 1.54) is 0 Å². The van der Waals surface area contributed by atoms with Gasteiger partial charge in [-0.25, -0.2) is 0 Å². The summed E-state index contributed by atoms with van der Waals surface area (Å²) >= 11 is 0. The number of ether oxygens (including phenoxy) is 1. The Morgan fingerprint density at radius 3 is 2.11 bits per heavy atom. The smallest absolute Gasteiger partial charge is 0.222 e. The average molecular weight is 388 g/mol. The van der Waals surface area contributed by atoms with Crippen molar-refractivity contribution in [3.05, 3.63) is 66.3 Å². The van der Waals surface area contributed by atoms with E-state index in [2.05, 4.69) is 0 Å². The van der Waals surface area contributed by atoms with Crippen LogP contribution in [-0.4, -0.2) is 54.4 Å². The Morgan fingerprint density at radius 1 is 1.00 bits per heavy atom. The molecule has 0 fully saturated rings. The molecule has 5 heteroatoms. The van der Waals surface area contributed by atoms with E-state index >= 15 is 0 Å².